The Morgan fingerprint density at radius 3 is 2.33 bits per heavy atom. The summed E-state index contributed by atoms with van der Waals surface area (Å²) in [4.78, 5) is 17.6. The van der Waals surface area contributed by atoms with Gasteiger partial charge in [-0.3, -0.25) is 9.36 Å². The summed E-state index contributed by atoms with van der Waals surface area (Å²) in [7, 11) is 5.20. The molecule has 0 bridgehead atoms. The van der Waals surface area contributed by atoms with Crippen LogP contribution < -0.4 is 10.5 Å². The lowest BCUT2D eigenvalue weighted by Crippen LogP contribution is -2.29. The molecule has 0 fully saturated rings. The predicted octanol–water partition coefficient (Wildman–Crippen LogP) is 0.675. The van der Waals surface area contributed by atoms with E-state index in [4.69, 9.17) is 0 Å². The van der Waals surface area contributed by atoms with Crippen LogP contribution in [0.15, 0.2) is 4.79 Å². The zero-order valence-corrected chi connectivity index (χ0v) is 9.77. The van der Waals surface area contributed by atoms with Crippen LogP contribution in [0.4, 0.5) is 5.95 Å². The fourth-order valence-corrected chi connectivity index (χ4v) is 1.50. The van der Waals surface area contributed by atoms with Gasteiger partial charge in [0.15, 0.2) is 0 Å². The van der Waals surface area contributed by atoms with Crippen molar-refractivity contribution in [1.82, 2.24) is 9.55 Å². The van der Waals surface area contributed by atoms with Crippen molar-refractivity contribution < 1.29 is 5.11 Å². The van der Waals surface area contributed by atoms with Crippen LogP contribution in [0, 0.1) is 0 Å². The van der Waals surface area contributed by atoms with E-state index < -0.39 is 0 Å². The SMILES string of the molecule is CC(C)c1c(O)nc(N(C)C)n(C)c1=O. The first kappa shape index (κ1) is 11.6. The molecule has 1 aromatic rings. The van der Waals surface area contributed by atoms with Crippen LogP contribution in [0.25, 0.3) is 0 Å². The van der Waals surface area contributed by atoms with E-state index in [9.17, 15) is 9.90 Å². The minimum Gasteiger partial charge on any atom is -0.493 e. The van der Waals surface area contributed by atoms with E-state index in [0.29, 0.717) is 11.5 Å². The number of hydrogen-bond donors (Lipinski definition) is 1. The van der Waals surface area contributed by atoms with Gasteiger partial charge >= 0.3 is 0 Å². The van der Waals surface area contributed by atoms with Crippen molar-refractivity contribution in [3.05, 3.63) is 15.9 Å². The Morgan fingerprint density at radius 1 is 1.40 bits per heavy atom. The lowest BCUT2D eigenvalue weighted by atomic mass is 10.1. The van der Waals surface area contributed by atoms with Gasteiger partial charge in [-0.15, -0.1) is 0 Å². The van der Waals surface area contributed by atoms with Crippen molar-refractivity contribution in [2.45, 2.75) is 19.8 Å². The predicted molar refractivity (Wildman–Crippen MR) is 59.6 cm³/mol. The summed E-state index contributed by atoms with van der Waals surface area (Å²) in [5.74, 6) is 0.242. The second-order valence-corrected chi connectivity index (χ2v) is 4.06. The topological polar surface area (TPSA) is 58.4 Å². The highest BCUT2D eigenvalue weighted by Gasteiger charge is 2.17. The molecule has 0 radical (unpaired) electrons. The number of hydrogen-bond acceptors (Lipinski definition) is 4. The van der Waals surface area contributed by atoms with Gasteiger partial charge in [0.05, 0.1) is 5.56 Å². The minimum absolute atomic E-state index is 0.0348. The Morgan fingerprint density at radius 2 is 1.93 bits per heavy atom. The van der Waals surface area contributed by atoms with Gasteiger partial charge in [0.2, 0.25) is 11.8 Å². The molecule has 84 valence electrons. The lowest BCUT2D eigenvalue weighted by Gasteiger charge is -2.17. The van der Waals surface area contributed by atoms with Crippen molar-refractivity contribution in [3.8, 4) is 5.88 Å². The normalized spacial score (nSPS) is 10.8. The Balaban J connectivity index is 3.52. The maximum Gasteiger partial charge on any atom is 0.261 e. The fraction of sp³-hybridized carbons (Fsp3) is 0.600. The van der Waals surface area contributed by atoms with E-state index in [1.807, 2.05) is 13.8 Å². The van der Waals surface area contributed by atoms with Crippen molar-refractivity contribution in [1.29, 1.82) is 0 Å². The summed E-state index contributed by atoms with van der Waals surface area (Å²) in [6, 6.07) is 0. The molecule has 0 aliphatic carbocycles. The lowest BCUT2D eigenvalue weighted by molar-refractivity contribution is 0.436. The van der Waals surface area contributed by atoms with Gasteiger partial charge in [-0.1, -0.05) is 13.8 Å². The highest BCUT2D eigenvalue weighted by molar-refractivity contribution is 5.36. The van der Waals surface area contributed by atoms with E-state index in [1.165, 1.54) is 4.57 Å². The molecule has 0 aromatic carbocycles. The fourth-order valence-electron chi connectivity index (χ4n) is 1.50. The standard InChI is InChI=1S/C10H17N3O2/c1-6(2)7-8(14)11-10(12(3)4)13(5)9(7)15/h6,14H,1-5H3. The van der Waals surface area contributed by atoms with Crippen molar-refractivity contribution in [2.24, 2.45) is 7.05 Å². The molecule has 1 rings (SSSR count). The molecule has 15 heavy (non-hydrogen) atoms. The Bertz CT molecular complexity index is 421. The van der Waals surface area contributed by atoms with Crippen LogP contribution in [0.3, 0.4) is 0 Å². The van der Waals surface area contributed by atoms with Gasteiger partial charge in [0.1, 0.15) is 0 Å². The van der Waals surface area contributed by atoms with Crippen LogP contribution in [0.2, 0.25) is 0 Å². The molecule has 0 aliphatic heterocycles. The van der Waals surface area contributed by atoms with E-state index in [2.05, 4.69) is 4.98 Å². The van der Waals surface area contributed by atoms with Crippen molar-refractivity contribution >= 4 is 5.95 Å². The molecule has 0 amide bonds. The molecule has 1 heterocycles. The zero-order valence-electron chi connectivity index (χ0n) is 9.77. The first-order chi connectivity index (χ1) is 6.86. The molecular weight excluding hydrogens is 194 g/mol. The molecule has 1 N–H and O–H groups in total. The number of rotatable bonds is 2. The van der Waals surface area contributed by atoms with Gasteiger partial charge in [0.25, 0.3) is 5.56 Å². The quantitative estimate of drug-likeness (QED) is 0.781. The molecular formula is C10H17N3O2. The summed E-state index contributed by atoms with van der Waals surface area (Å²) in [5, 5.41) is 9.66. The second kappa shape index (κ2) is 3.92. The molecule has 5 heteroatoms. The van der Waals surface area contributed by atoms with Crippen LogP contribution in [-0.4, -0.2) is 28.8 Å². The number of aromatic nitrogens is 2. The third kappa shape index (κ3) is 1.95. The second-order valence-electron chi connectivity index (χ2n) is 4.06. The van der Waals surface area contributed by atoms with Crippen LogP contribution in [0.1, 0.15) is 25.3 Å². The molecule has 0 unspecified atom stereocenters. The average molecular weight is 211 g/mol. The molecule has 0 atom stereocenters. The van der Waals surface area contributed by atoms with E-state index in [1.54, 1.807) is 26.0 Å². The van der Waals surface area contributed by atoms with E-state index in [-0.39, 0.29) is 17.4 Å². The highest BCUT2D eigenvalue weighted by atomic mass is 16.3. The zero-order chi connectivity index (χ0) is 11.7. The third-order valence-electron chi connectivity index (χ3n) is 2.26. The molecule has 5 nitrogen and oxygen atoms in total. The largest absolute Gasteiger partial charge is 0.493 e. The van der Waals surface area contributed by atoms with Crippen molar-refractivity contribution in [2.75, 3.05) is 19.0 Å². The van der Waals surface area contributed by atoms with Crippen LogP contribution >= 0.6 is 0 Å². The first-order valence-corrected chi connectivity index (χ1v) is 4.83. The van der Waals surface area contributed by atoms with E-state index >= 15 is 0 Å². The number of anilines is 1. The van der Waals surface area contributed by atoms with Crippen molar-refractivity contribution in [3.63, 3.8) is 0 Å². The molecule has 0 spiro atoms. The summed E-state index contributed by atoms with van der Waals surface area (Å²) in [6.45, 7) is 3.71. The van der Waals surface area contributed by atoms with Crippen LogP contribution in [-0.2, 0) is 7.05 Å². The Hall–Kier alpha value is -1.52. The maximum absolute atomic E-state index is 11.9. The molecule has 0 saturated carbocycles. The number of nitrogens with zero attached hydrogens (tertiary/aromatic N) is 3. The molecule has 0 saturated heterocycles. The van der Waals surface area contributed by atoms with Gasteiger partial charge < -0.3 is 10.0 Å². The third-order valence-corrected chi connectivity index (χ3v) is 2.26. The Labute approximate surface area is 89.0 Å². The summed E-state index contributed by atoms with van der Waals surface area (Å²) in [6.07, 6.45) is 0. The maximum atomic E-state index is 11.9. The molecule has 1 aromatic heterocycles. The van der Waals surface area contributed by atoms with Crippen LogP contribution in [0.5, 0.6) is 5.88 Å². The average Bonchev–Trinajstić information content (AvgIpc) is 2.10. The summed E-state index contributed by atoms with van der Waals surface area (Å²) in [5.41, 5.74) is 0.171. The van der Waals surface area contributed by atoms with Gasteiger partial charge in [-0.05, 0) is 5.92 Å². The molecule has 0 aliphatic rings. The highest BCUT2D eigenvalue weighted by Crippen LogP contribution is 2.21. The number of aromatic hydroxyl groups is 1. The first-order valence-electron chi connectivity index (χ1n) is 4.83. The Kier molecular flexibility index (Phi) is 3.02. The van der Waals surface area contributed by atoms with Gasteiger partial charge in [-0.25, -0.2) is 0 Å². The van der Waals surface area contributed by atoms with Gasteiger partial charge in [0, 0.05) is 21.1 Å². The minimum atomic E-state index is -0.193. The van der Waals surface area contributed by atoms with Gasteiger partial charge in [-0.2, -0.15) is 4.98 Å². The van der Waals surface area contributed by atoms with E-state index in [0.717, 1.165) is 0 Å². The summed E-state index contributed by atoms with van der Waals surface area (Å²) < 4.78 is 1.44. The summed E-state index contributed by atoms with van der Waals surface area (Å²) >= 11 is 0. The smallest absolute Gasteiger partial charge is 0.261 e. The monoisotopic (exact) mass is 211 g/mol.